The summed E-state index contributed by atoms with van der Waals surface area (Å²) >= 11 is 0. The Labute approximate surface area is 119 Å². The topological polar surface area (TPSA) is 46.5 Å². The van der Waals surface area contributed by atoms with Gasteiger partial charge in [0, 0.05) is 38.1 Å². The van der Waals surface area contributed by atoms with Gasteiger partial charge < -0.3 is 19.5 Å². The van der Waals surface area contributed by atoms with Crippen LogP contribution in [-0.2, 0) is 16.8 Å². The number of hydrogen-bond donors (Lipinski definition) is 1. The van der Waals surface area contributed by atoms with E-state index in [4.69, 9.17) is 4.74 Å². The fraction of sp³-hybridized carbons (Fsp3) is 0.667. The van der Waals surface area contributed by atoms with Crippen molar-refractivity contribution in [3.8, 4) is 0 Å². The number of amides is 1. The second kappa shape index (κ2) is 4.52. The van der Waals surface area contributed by atoms with Crippen LogP contribution in [0.1, 0.15) is 32.9 Å². The van der Waals surface area contributed by atoms with Crippen molar-refractivity contribution in [2.45, 2.75) is 44.9 Å². The Morgan fingerprint density at radius 1 is 1.40 bits per heavy atom. The highest BCUT2D eigenvalue weighted by atomic mass is 16.6. The van der Waals surface area contributed by atoms with E-state index in [9.17, 15) is 4.79 Å². The van der Waals surface area contributed by atoms with Crippen molar-refractivity contribution in [1.82, 2.24) is 14.8 Å². The number of fused-ring (bicyclic) bond motifs is 2. The largest absolute Gasteiger partial charge is 0.444 e. The molecular formula is C15H23N3O2. The molecule has 5 heteroatoms. The van der Waals surface area contributed by atoms with Crippen LogP contribution in [0.25, 0.3) is 0 Å². The van der Waals surface area contributed by atoms with Crippen LogP contribution in [0.15, 0.2) is 18.3 Å². The Morgan fingerprint density at radius 2 is 2.20 bits per heavy atom. The Morgan fingerprint density at radius 3 is 2.95 bits per heavy atom. The predicted octanol–water partition coefficient (Wildman–Crippen LogP) is 1.93. The number of carbonyl (C=O) groups excluding carboxylic acids is 1. The lowest BCUT2D eigenvalue weighted by atomic mass is 9.92. The first kappa shape index (κ1) is 13.5. The highest BCUT2D eigenvalue weighted by molar-refractivity contribution is 5.69. The molecule has 110 valence electrons. The van der Waals surface area contributed by atoms with Crippen molar-refractivity contribution in [2.24, 2.45) is 0 Å². The molecule has 0 aromatic carbocycles. The number of ether oxygens (including phenoxy) is 1. The van der Waals surface area contributed by atoms with E-state index in [0.29, 0.717) is 6.54 Å². The SMILES string of the molecule is CC(C)(C)OC(=O)N1CC[C@]2(C1)NCCn1cccc12. The second-order valence-corrected chi connectivity index (χ2v) is 6.75. The molecule has 1 atom stereocenters. The van der Waals surface area contributed by atoms with E-state index in [1.165, 1.54) is 5.69 Å². The summed E-state index contributed by atoms with van der Waals surface area (Å²) in [6.45, 7) is 9.08. The molecule has 1 aromatic heterocycles. The van der Waals surface area contributed by atoms with Crippen molar-refractivity contribution < 1.29 is 9.53 Å². The molecule has 1 aromatic rings. The maximum Gasteiger partial charge on any atom is 0.410 e. The number of nitrogens with zero attached hydrogens (tertiary/aromatic N) is 2. The smallest absolute Gasteiger partial charge is 0.410 e. The van der Waals surface area contributed by atoms with Gasteiger partial charge in [-0.25, -0.2) is 4.79 Å². The molecule has 1 spiro atoms. The molecule has 0 aliphatic carbocycles. The summed E-state index contributed by atoms with van der Waals surface area (Å²) in [6, 6.07) is 4.24. The van der Waals surface area contributed by atoms with Crippen LogP contribution in [0, 0.1) is 0 Å². The zero-order chi connectivity index (χ0) is 14.4. The summed E-state index contributed by atoms with van der Waals surface area (Å²) in [7, 11) is 0. The van der Waals surface area contributed by atoms with Gasteiger partial charge in [0.25, 0.3) is 0 Å². The lowest BCUT2D eigenvalue weighted by molar-refractivity contribution is 0.0277. The van der Waals surface area contributed by atoms with Gasteiger partial charge in [-0.3, -0.25) is 0 Å². The number of aromatic nitrogens is 1. The normalized spacial score (nSPS) is 25.9. The minimum Gasteiger partial charge on any atom is -0.444 e. The quantitative estimate of drug-likeness (QED) is 0.788. The first-order valence-electron chi connectivity index (χ1n) is 7.28. The summed E-state index contributed by atoms with van der Waals surface area (Å²) < 4.78 is 7.76. The van der Waals surface area contributed by atoms with Crippen molar-refractivity contribution in [3.05, 3.63) is 24.0 Å². The van der Waals surface area contributed by atoms with E-state index in [1.807, 2.05) is 25.7 Å². The van der Waals surface area contributed by atoms with Gasteiger partial charge in [0.1, 0.15) is 5.60 Å². The molecule has 0 bridgehead atoms. The van der Waals surface area contributed by atoms with Crippen molar-refractivity contribution in [1.29, 1.82) is 0 Å². The zero-order valence-electron chi connectivity index (χ0n) is 12.5. The monoisotopic (exact) mass is 277 g/mol. The first-order chi connectivity index (χ1) is 9.40. The highest BCUT2D eigenvalue weighted by Crippen LogP contribution is 2.34. The van der Waals surface area contributed by atoms with E-state index in [-0.39, 0.29) is 11.6 Å². The summed E-state index contributed by atoms with van der Waals surface area (Å²) in [4.78, 5) is 14.0. The molecule has 3 rings (SSSR count). The van der Waals surface area contributed by atoms with Crippen molar-refractivity contribution >= 4 is 6.09 Å². The minimum atomic E-state index is -0.437. The molecule has 0 radical (unpaired) electrons. The number of rotatable bonds is 0. The molecule has 2 aliphatic heterocycles. The van der Waals surface area contributed by atoms with Gasteiger partial charge in [0.2, 0.25) is 0 Å². The summed E-state index contributed by atoms with van der Waals surface area (Å²) in [5.41, 5.74) is 0.751. The summed E-state index contributed by atoms with van der Waals surface area (Å²) in [6.07, 6.45) is 2.85. The van der Waals surface area contributed by atoms with Crippen LogP contribution < -0.4 is 5.32 Å². The third kappa shape index (κ3) is 2.30. The van der Waals surface area contributed by atoms with E-state index in [0.717, 1.165) is 26.1 Å². The van der Waals surface area contributed by atoms with Crippen LogP contribution in [0.2, 0.25) is 0 Å². The maximum absolute atomic E-state index is 12.2. The van der Waals surface area contributed by atoms with E-state index < -0.39 is 5.60 Å². The fourth-order valence-corrected chi connectivity index (χ4v) is 3.20. The molecule has 3 heterocycles. The first-order valence-corrected chi connectivity index (χ1v) is 7.28. The Kier molecular flexibility index (Phi) is 3.05. The lowest BCUT2D eigenvalue weighted by Crippen LogP contribution is -2.51. The Balaban J connectivity index is 1.76. The van der Waals surface area contributed by atoms with Gasteiger partial charge >= 0.3 is 6.09 Å². The van der Waals surface area contributed by atoms with Gasteiger partial charge in [-0.2, -0.15) is 0 Å². The van der Waals surface area contributed by atoms with E-state index in [2.05, 4.69) is 28.2 Å². The summed E-state index contributed by atoms with van der Waals surface area (Å²) in [5, 5.41) is 3.61. The molecule has 1 N–H and O–H groups in total. The van der Waals surface area contributed by atoms with Gasteiger partial charge in [-0.05, 0) is 39.3 Å². The molecule has 1 amide bonds. The fourth-order valence-electron chi connectivity index (χ4n) is 3.20. The zero-order valence-corrected chi connectivity index (χ0v) is 12.5. The third-order valence-electron chi connectivity index (χ3n) is 4.06. The molecule has 1 saturated heterocycles. The highest BCUT2D eigenvalue weighted by Gasteiger charge is 2.45. The molecule has 0 unspecified atom stereocenters. The van der Waals surface area contributed by atoms with Gasteiger partial charge in [0.15, 0.2) is 0 Å². The predicted molar refractivity (Wildman–Crippen MR) is 76.5 cm³/mol. The van der Waals surface area contributed by atoms with Gasteiger partial charge in [-0.1, -0.05) is 0 Å². The van der Waals surface area contributed by atoms with Crippen LogP contribution in [0.4, 0.5) is 4.79 Å². The number of carbonyl (C=O) groups is 1. The minimum absolute atomic E-state index is 0.0986. The number of nitrogens with one attached hydrogen (secondary N) is 1. The molecule has 5 nitrogen and oxygen atoms in total. The van der Waals surface area contributed by atoms with Crippen LogP contribution in [0.5, 0.6) is 0 Å². The van der Waals surface area contributed by atoms with E-state index >= 15 is 0 Å². The number of hydrogen-bond acceptors (Lipinski definition) is 3. The van der Waals surface area contributed by atoms with Crippen molar-refractivity contribution in [3.63, 3.8) is 0 Å². The molecule has 1 fully saturated rings. The lowest BCUT2D eigenvalue weighted by Gasteiger charge is -2.36. The number of likely N-dealkylation sites (tertiary alicyclic amines) is 1. The molecule has 2 aliphatic rings. The maximum atomic E-state index is 12.2. The molecule has 20 heavy (non-hydrogen) atoms. The van der Waals surface area contributed by atoms with Gasteiger partial charge in [-0.15, -0.1) is 0 Å². The average molecular weight is 277 g/mol. The standard InChI is InChI=1S/C15H23N3O2/c1-14(2,3)20-13(19)18-9-6-15(11-18)12-5-4-8-17(12)10-7-16-15/h4-5,8,16H,6-7,9-11H2,1-3H3/t15-/m1/s1. The Hall–Kier alpha value is -1.49. The second-order valence-electron chi connectivity index (χ2n) is 6.75. The third-order valence-corrected chi connectivity index (χ3v) is 4.06. The van der Waals surface area contributed by atoms with Crippen molar-refractivity contribution in [2.75, 3.05) is 19.6 Å². The Bertz CT molecular complexity index is 517. The summed E-state index contributed by atoms with van der Waals surface area (Å²) in [5.74, 6) is 0. The van der Waals surface area contributed by atoms with Crippen LogP contribution in [-0.4, -0.2) is 40.8 Å². The van der Waals surface area contributed by atoms with Gasteiger partial charge in [0.05, 0.1) is 5.54 Å². The van der Waals surface area contributed by atoms with Crippen LogP contribution >= 0.6 is 0 Å². The molecular weight excluding hydrogens is 254 g/mol. The molecule has 0 saturated carbocycles. The van der Waals surface area contributed by atoms with Crippen LogP contribution in [0.3, 0.4) is 0 Å². The average Bonchev–Trinajstić information content (AvgIpc) is 2.95. The van der Waals surface area contributed by atoms with E-state index in [1.54, 1.807) is 0 Å².